The van der Waals surface area contributed by atoms with Crippen molar-refractivity contribution in [2.45, 2.75) is 46.8 Å². The van der Waals surface area contributed by atoms with E-state index < -0.39 is 17.6 Å². The van der Waals surface area contributed by atoms with Crippen molar-refractivity contribution in [3.8, 4) is 0 Å². The number of aryl methyl sites for hydroxylation is 2. The number of aliphatic imine (C=N–C) groups is 2. The van der Waals surface area contributed by atoms with Crippen LogP contribution in [0.1, 0.15) is 48.7 Å². The summed E-state index contributed by atoms with van der Waals surface area (Å²) in [5.74, 6) is -0.596. The maximum Gasteiger partial charge on any atom is 0.419 e. The van der Waals surface area contributed by atoms with E-state index in [0.29, 0.717) is 29.5 Å². The summed E-state index contributed by atoms with van der Waals surface area (Å²) in [6.07, 6.45) is -0.363. The molecule has 0 amide bonds. The van der Waals surface area contributed by atoms with Gasteiger partial charge < -0.3 is 5.32 Å². The number of allylic oxidation sites excluding steroid dienone is 1. The molecule has 0 spiro atoms. The van der Waals surface area contributed by atoms with Crippen molar-refractivity contribution in [3.63, 3.8) is 0 Å². The lowest BCUT2D eigenvalue weighted by atomic mass is 10.1. The van der Waals surface area contributed by atoms with Crippen molar-refractivity contribution in [1.82, 2.24) is 15.7 Å². The van der Waals surface area contributed by atoms with E-state index in [1.54, 1.807) is 19.1 Å². The summed E-state index contributed by atoms with van der Waals surface area (Å²) in [5.41, 5.74) is 5.39. The minimum absolute atomic E-state index is 0.309. The zero-order valence-electron chi connectivity index (χ0n) is 22.7. The third-order valence-electron chi connectivity index (χ3n) is 4.97. The summed E-state index contributed by atoms with van der Waals surface area (Å²) in [7, 11) is 0. The zero-order chi connectivity index (χ0) is 29.7. The summed E-state index contributed by atoms with van der Waals surface area (Å²) in [5, 5.41) is 7.09. The Balaban J connectivity index is 0.000000389. The first kappa shape index (κ1) is 31.8. The van der Waals surface area contributed by atoms with Crippen LogP contribution in [0.15, 0.2) is 88.2 Å². The van der Waals surface area contributed by atoms with Gasteiger partial charge in [-0.2, -0.15) is 23.3 Å². The van der Waals surface area contributed by atoms with Gasteiger partial charge in [0.2, 0.25) is 5.96 Å². The number of aromatic nitrogens is 1. The molecule has 1 aromatic heterocycles. The third-order valence-corrected chi connectivity index (χ3v) is 4.97. The third kappa shape index (κ3) is 11.5. The van der Waals surface area contributed by atoms with Gasteiger partial charge in [-0.1, -0.05) is 43.3 Å². The number of alkyl halides is 3. The van der Waals surface area contributed by atoms with Gasteiger partial charge in [0.25, 0.3) is 0 Å². The highest BCUT2D eigenvalue weighted by atomic mass is 19.4. The molecule has 2 aromatic carbocycles. The van der Waals surface area contributed by atoms with Crippen molar-refractivity contribution in [3.05, 3.63) is 113 Å². The number of halogens is 5. The van der Waals surface area contributed by atoms with Crippen LogP contribution in [-0.2, 0) is 19.1 Å². The first-order chi connectivity index (χ1) is 18.9. The largest absolute Gasteiger partial charge is 0.419 e. The lowest BCUT2D eigenvalue weighted by molar-refractivity contribution is -0.140. The molecule has 0 aliphatic heterocycles. The molecule has 0 aliphatic carbocycles. The number of nitrogens with one attached hydrogen (secondary N) is 2. The highest BCUT2D eigenvalue weighted by molar-refractivity contribution is 5.95. The number of pyridine rings is 1. The van der Waals surface area contributed by atoms with Gasteiger partial charge in [-0.05, 0) is 68.7 Å². The molecular weight excluding hydrogens is 527 g/mol. The van der Waals surface area contributed by atoms with E-state index in [0.717, 1.165) is 35.5 Å². The predicted molar refractivity (Wildman–Crippen MR) is 149 cm³/mol. The molecular formula is C29H31F5N6. The van der Waals surface area contributed by atoms with Crippen molar-refractivity contribution < 1.29 is 22.0 Å². The van der Waals surface area contributed by atoms with Gasteiger partial charge in [-0.15, -0.1) is 0 Å². The van der Waals surface area contributed by atoms with E-state index >= 15 is 0 Å². The zero-order valence-corrected chi connectivity index (χ0v) is 22.7. The molecule has 0 unspecified atom stereocenters. The van der Waals surface area contributed by atoms with E-state index in [2.05, 4.69) is 44.3 Å². The Morgan fingerprint density at radius 3 is 2.38 bits per heavy atom. The normalized spacial score (nSPS) is 12.1. The van der Waals surface area contributed by atoms with Crippen LogP contribution in [0, 0.1) is 18.6 Å². The van der Waals surface area contributed by atoms with Gasteiger partial charge in [0.05, 0.1) is 18.3 Å². The van der Waals surface area contributed by atoms with Crippen LogP contribution in [0.3, 0.4) is 0 Å². The average molecular weight is 559 g/mol. The fourth-order valence-electron chi connectivity index (χ4n) is 3.04. The number of hydrogen-bond acceptors (Lipinski definition) is 3. The molecule has 0 radical (unpaired) electrons. The van der Waals surface area contributed by atoms with E-state index in [1.807, 2.05) is 25.3 Å². The molecule has 40 heavy (non-hydrogen) atoms. The molecule has 3 rings (SSSR count). The van der Waals surface area contributed by atoms with Crippen LogP contribution in [-0.4, -0.2) is 23.0 Å². The first-order valence-corrected chi connectivity index (χ1v) is 12.2. The van der Waals surface area contributed by atoms with Gasteiger partial charge >= 0.3 is 6.18 Å². The average Bonchev–Trinajstić information content (AvgIpc) is 2.88. The monoisotopic (exact) mass is 558 g/mol. The van der Waals surface area contributed by atoms with Crippen LogP contribution >= 0.6 is 0 Å². The molecule has 0 bridgehead atoms. The number of rotatable bonds is 6. The first-order valence-electron chi connectivity index (χ1n) is 12.2. The molecule has 212 valence electrons. The molecule has 0 atom stereocenters. The quantitative estimate of drug-likeness (QED) is 0.149. The van der Waals surface area contributed by atoms with Crippen molar-refractivity contribution in [2.75, 3.05) is 0 Å². The lowest BCUT2D eigenvalue weighted by Crippen LogP contribution is -2.24. The summed E-state index contributed by atoms with van der Waals surface area (Å²) in [6.45, 7) is 11.4. The molecule has 0 saturated heterocycles. The topological polar surface area (TPSA) is 74.0 Å². The Morgan fingerprint density at radius 1 is 1.05 bits per heavy atom. The molecule has 1 heterocycles. The number of hydrogen-bond donors (Lipinski definition) is 2. The molecule has 11 heteroatoms. The van der Waals surface area contributed by atoms with Gasteiger partial charge in [-0.25, -0.2) is 13.8 Å². The van der Waals surface area contributed by atoms with Crippen LogP contribution in [0.2, 0.25) is 0 Å². The number of nitrogens with zero attached hydrogens (tertiary/aromatic N) is 4. The highest BCUT2D eigenvalue weighted by Gasteiger charge is 2.33. The number of benzene rings is 2. The molecule has 3 aromatic rings. The second-order valence-electron chi connectivity index (χ2n) is 8.66. The Morgan fingerprint density at radius 2 is 1.80 bits per heavy atom. The van der Waals surface area contributed by atoms with E-state index in [1.165, 1.54) is 31.3 Å². The highest BCUT2D eigenvalue weighted by Crippen LogP contribution is 2.31. The van der Waals surface area contributed by atoms with Crippen LogP contribution < -0.4 is 10.7 Å². The predicted octanol–water partition coefficient (Wildman–Crippen LogP) is 6.96. The minimum atomic E-state index is -4.60. The van der Waals surface area contributed by atoms with Crippen LogP contribution in [0.5, 0.6) is 0 Å². The number of hydrazone groups is 1. The Labute approximate surface area is 230 Å². The van der Waals surface area contributed by atoms with E-state index in [9.17, 15) is 22.0 Å². The minimum Gasteiger partial charge on any atom is -0.329 e. The second-order valence-corrected chi connectivity index (χ2v) is 8.66. The smallest absolute Gasteiger partial charge is 0.329 e. The van der Waals surface area contributed by atoms with Crippen molar-refractivity contribution >= 4 is 18.0 Å². The summed E-state index contributed by atoms with van der Waals surface area (Å²) in [4.78, 5) is 13.2. The Hall–Kier alpha value is -4.41. The van der Waals surface area contributed by atoms with Gasteiger partial charge in [0, 0.05) is 17.6 Å². The number of guanidine groups is 1. The van der Waals surface area contributed by atoms with Gasteiger partial charge in [0.15, 0.2) is 0 Å². The maximum atomic E-state index is 13.2. The fraction of sp³-hybridized carbons (Fsp3) is 0.241. The Kier molecular flexibility index (Phi) is 12.1. The van der Waals surface area contributed by atoms with Gasteiger partial charge in [0.1, 0.15) is 17.5 Å². The molecule has 0 saturated carbocycles. The SMILES string of the molecule is C=C(C)NC(=NCc1ccc(CC)nc1)/N=C(\C)N/N=C/c1cccc(F)c1.Cc1ccc(F)c(C(F)(F)F)c1. The summed E-state index contributed by atoms with van der Waals surface area (Å²) in [6, 6.07) is 13.1. The molecule has 0 aliphatic rings. The van der Waals surface area contributed by atoms with Crippen LogP contribution in [0.4, 0.5) is 22.0 Å². The van der Waals surface area contributed by atoms with Crippen molar-refractivity contribution in [1.29, 1.82) is 0 Å². The molecule has 6 nitrogen and oxygen atoms in total. The van der Waals surface area contributed by atoms with Crippen LogP contribution in [0.25, 0.3) is 0 Å². The fourth-order valence-corrected chi connectivity index (χ4v) is 3.04. The summed E-state index contributed by atoms with van der Waals surface area (Å²) >= 11 is 0. The number of amidine groups is 1. The second kappa shape index (κ2) is 15.2. The Bertz CT molecular complexity index is 1360. The van der Waals surface area contributed by atoms with E-state index in [-0.39, 0.29) is 5.82 Å². The molecule has 0 fully saturated rings. The molecule has 2 N–H and O–H groups in total. The maximum absolute atomic E-state index is 13.2. The van der Waals surface area contributed by atoms with Crippen molar-refractivity contribution in [2.24, 2.45) is 15.1 Å². The standard InChI is InChI=1S/C21H25FN6.C8H6F4/c1-5-20-10-9-18(12-23-20)13-24-21(26-15(2)3)27-16(4)28-25-14-17-7-6-8-19(22)11-17;1-5-2-3-7(9)6(4-5)8(10,11)12/h6-12,14H,2,5,13H2,1,3-4H3,(H2,24,26,27,28);2-4H,1H3/b25-14+;. The summed E-state index contributed by atoms with van der Waals surface area (Å²) < 4.78 is 61.7. The lowest BCUT2D eigenvalue weighted by Gasteiger charge is -2.07. The van der Waals surface area contributed by atoms with Gasteiger partial charge in [-0.3, -0.25) is 10.4 Å². The van der Waals surface area contributed by atoms with E-state index in [4.69, 9.17) is 0 Å².